The highest BCUT2D eigenvalue weighted by molar-refractivity contribution is 5.92. The predicted molar refractivity (Wildman–Crippen MR) is 69.4 cm³/mol. The van der Waals surface area contributed by atoms with Crippen molar-refractivity contribution >= 4 is 17.3 Å². The maximum absolute atomic E-state index is 11.5. The van der Waals surface area contributed by atoms with Crippen LogP contribution in [-0.4, -0.2) is 23.9 Å². The van der Waals surface area contributed by atoms with Crippen LogP contribution in [0.15, 0.2) is 24.3 Å². The fourth-order valence-corrected chi connectivity index (χ4v) is 1.38. The molecule has 98 valence electrons. The van der Waals surface area contributed by atoms with Crippen molar-refractivity contribution in [3.05, 3.63) is 34.4 Å². The predicted octanol–water partition coefficient (Wildman–Crippen LogP) is 1.78. The number of nitrogens with one attached hydrogen (secondary N) is 2. The van der Waals surface area contributed by atoms with Crippen LogP contribution in [0.25, 0.3) is 0 Å². The molecule has 0 bridgehead atoms. The van der Waals surface area contributed by atoms with Crippen LogP contribution in [-0.2, 0) is 4.79 Å². The minimum atomic E-state index is -0.493. The topological polar surface area (TPSA) is 84.3 Å². The van der Waals surface area contributed by atoms with Crippen LogP contribution < -0.4 is 10.6 Å². The third-order valence-corrected chi connectivity index (χ3v) is 2.18. The number of anilines is 1. The number of nitro benzene ring substituents is 1. The van der Waals surface area contributed by atoms with Crippen molar-refractivity contribution in [2.24, 2.45) is 5.92 Å². The van der Waals surface area contributed by atoms with Crippen molar-refractivity contribution in [3.8, 4) is 0 Å². The molecule has 1 aromatic carbocycles. The lowest BCUT2D eigenvalue weighted by Gasteiger charge is -2.08. The number of non-ortho nitro benzene ring substituents is 1. The molecule has 1 aromatic rings. The van der Waals surface area contributed by atoms with E-state index in [-0.39, 0.29) is 18.1 Å². The zero-order valence-electron chi connectivity index (χ0n) is 10.5. The molecule has 0 aliphatic rings. The van der Waals surface area contributed by atoms with Crippen LogP contribution in [0.2, 0.25) is 0 Å². The molecule has 0 saturated heterocycles. The third-order valence-electron chi connectivity index (χ3n) is 2.18. The number of amides is 1. The Hall–Kier alpha value is -1.95. The molecule has 1 rings (SSSR count). The Morgan fingerprint density at radius 3 is 2.78 bits per heavy atom. The second-order valence-electron chi connectivity index (χ2n) is 4.38. The fraction of sp³-hybridized carbons (Fsp3) is 0.417. The summed E-state index contributed by atoms with van der Waals surface area (Å²) in [6.07, 6.45) is 0. The van der Waals surface area contributed by atoms with E-state index in [4.69, 9.17) is 0 Å². The van der Waals surface area contributed by atoms with Crippen molar-refractivity contribution in [2.45, 2.75) is 13.8 Å². The van der Waals surface area contributed by atoms with E-state index in [9.17, 15) is 14.9 Å². The molecule has 0 aliphatic heterocycles. The van der Waals surface area contributed by atoms with Gasteiger partial charge in [-0.2, -0.15) is 0 Å². The summed E-state index contributed by atoms with van der Waals surface area (Å²) in [6.45, 7) is 5.04. The Bertz CT molecular complexity index is 432. The molecular formula is C12H17N3O3. The zero-order chi connectivity index (χ0) is 13.5. The second kappa shape index (κ2) is 6.70. The van der Waals surface area contributed by atoms with Crippen molar-refractivity contribution in [2.75, 3.05) is 18.4 Å². The molecule has 0 aromatic heterocycles. The van der Waals surface area contributed by atoms with Crippen molar-refractivity contribution in [3.63, 3.8) is 0 Å². The Morgan fingerprint density at radius 1 is 1.44 bits per heavy atom. The molecule has 0 unspecified atom stereocenters. The van der Waals surface area contributed by atoms with E-state index >= 15 is 0 Å². The first-order valence-corrected chi connectivity index (χ1v) is 5.74. The van der Waals surface area contributed by atoms with E-state index in [0.717, 1.165) is 6.54 Å². The number of benzene rings is 1. The van der Waals surface area contributed by atoms with E-state index in [2.05, 4.69) is 10.6 Å². The molecule has 0 aliphatic carbocycles. The smallest absolute Gasteiger partial charge is 0.271 e. The second-order valence-corrected chi connectivity index (χ2v) is 4.38. The number of rotatable bonds is 6. The molecule has 0 radical (unpaired) electrons. The summed E-state index contributed by atoms with van der Waals surface area (Å²) < 4.78 is 0. The molecule has 6 heteroatoms. The molecule has 0 saturated carbocycles. The normalized spacial score (nSPS) is 10.4. The fourth-order valence-electron chi connectivity index (χ4n) is 1.38. The Morgan fingerprint density at radius 2 is 2.17 bits per heavy atom. The van der Waals surface area contributed by atoms with Gasteiger partial charge in [0.05, 0.1) is 11.5 Å². The summed E-state index contributed by atoms with van der Waals surface area (Å²) in [4.78, 5) is 21.6. The van der Waals surface area contributed by atoms with Crippen LogP contribution in [0.3, 0.4) is 0 Å². The Balaban J connectivity index is 2.49. The Labute approximate surface area is 106 Å². The van der Waals surface area contributed by atoms with Gasteiger partial charge in [0, 0.05) is 17.8 Å². The van der Waals surface area contributed by atoms with Gasteiger partial charge in [-0.3, -0.25) is 14.9 Å². The minimum Gasteiger partial charge on any atom is -0.325 e. The van der Waals surface area contributed by atoms with Crippen LogP contribution >= 0.6 is 0 Å². The van der Waals surface area contributed by atoms with Crippen LogP contribution in [0.4, 0.5) is 11.4 Å². The molecule has 1 amide bonds. The number of carbonyl (C=O) groups is 1. The van der Waals surface area contributed by atoms with Gasteiger partial charge in [0.25, 0.3) is 5.69 Å². The van der Waals surface area contributed by atoms with Crippen molar-refractivity contribution < 1.29 is 9.72 Å². The van der Waals surface area contributed by atoms with Crippen LogP contribution in [0, 0.1) is 16.0 Å². The van der Waals surface area contributed by atoms with E-state index in [1.807, 2.05) is 13.8 Å². The van der Waals surface area contributed by atoms with Gasteiger partial charge in [-0.1, -0.05) is 19.9 Å². The Kier molecular flexibility index (Phi) is 5.26. The van der Waals surface area contributed by atoms with Gasteiger partial charge in [0.15, 0.2) is 0 Å². The number of nitro groups is 1. The average molecular weight is 251 g/mol. The first-order valence-electron chi connectivity index (χ1n) is 5.74. The third kappa shape index (κ3) is 4.92. The van der Waals surface area contributed by atoms with Crippen LogP contribution in [0.1, 0.15) is 13.8 Å². The number of hydrogen-bond acceptors (Lipinski definition) is 4. The van der Waals surface area contributed by atoms with Gasteiger partial charge < -0.3 is 10.6 Å². The summed E-state index contributed by atoms with van der Waals surface area (Å²) in [5.74, 6) is 0.256. The van der Waals surface area contributed by atoms with Crippen LogP contribution in [0.5, 0.6) is 0 Å². The maximum Gasteiger partial charge on any atom is 0.271 e. The van der Waals surface area contributed by atoms with E-state index in [0.29, 0.717) is 11.6 Å². The summed E-state index contributed by atoms with van der Waals surface area (Å²) in [6, 6.07) is 5.87. The van der Waals surface area contributed by atoms with Gasteiger partial charge in [-0.25, -0.2) is 0 Å². The zero-order valence-corrected chi connectivity index (χ0v) is 10.5. The van der Waals surface area contributed by atoms with Gasteiger partial charge in [0.1, 0.15) is 0 Å². The lowest BCUT2D eigenvalue weighted by atomic mass is 10.2. The highest BCUT2D eigenvalue weighted by Crippen LogP contribution is 2.16. The first-order chi connectivity index (χ1) is 8.49. The maximum atomic E-state index is 11.5. The number of carbonyl (C=O) groups excluding carboxylic acids is 1. The summed E-state index contributed by atoms with van der Waals surface area (Å²) in [7, 11) is 0. The van der Waals surface area contributed by atoms with E-state index in [1.165, 1.54) is 18.2 Å². The van der Waals surface area contributed by atoms with Gasteiger partial charge in [-0.05, 0) is 18.5 Å². The van der Waals surface area contributed by atoms with Gasteiger partial charge in [-0.15, -0.1) is 0 Å². The first kappa shape index (κ1) is 14.1. The van der Waals surface area contributed by atoms with Crippen molar-refractivity contribution in [1.29, 1.82) is 0 Å². The highest BCUT2D eigenvalue weighted by atomic mass is 16.6. The molecule has 0 heterocycles. The quantitative estimate of drug-likeness (QED) is 0.596. The number of nitrogens with zero attached hydrogens (tertiary/aromatic N) is 1. The lowest BCUT2D eigenvalue weighted by molar-refractivity contribution is -0.384. The average Bonchev–Trinajstić information content (AvgIpc) is 2.28. The molecule has 0 atom stereocenters. The molecule has 6 nitrogen and oxygen atoms in total. The SMILES string of the molecule is CC(C)CNCC(=O)Nc1cccc([N+](=O)[O-])c1. The highest BCUT2D eigenvalue weighted by Gasteiger charge is 2.07. The van der Waals surface area contributed by atoms with Gasteiger partial charge in [0.2, 0.25) is 5.91 Å². The lowest BCUT2D eigenvalue weighted by Crippen LogP contribution is -2.30. The molecular weight excluding hydrogens is 234 g/mol. The summed E-state index contributed by atoms with van der Waals surface area (Å²) in [5.41, 5.74) is 0.392. The largest absolute Gasteiger partial charge is 0.325 e. The summed E-state index contributed by atoms with van der Waals surface area (Å²) in [5, 5.41) is 16.2. The standard InChI is InChI=1S/C12H17N3O3/c1-9(2)7-13-8-12(16)14-10-4-3-5-11(6-10)15(17)18/h3-6,9,13H,7-8H2,1-2H3,(H,14,16). The van der Waals surface area contributed by atoms with E-state index in [1.54, 1.807) is 6.07 Å². The molecule has 18 heavy (non-hydrogen) atoms. The van der Waals surface area contributed by atoms with Crippen molar-refractivity contribution in [1.82, 2.24) is 5.32 Å². The number of hydrogen-bond donors (Lipinski definition) is 2. The minimum absolute atomic E-state index is 0.0389. The monoisotopic (exact) mass is 251 g/mol. The van der Waals surface area contributed by atoms with E-state index < -0.39 is 4.92 Å². The molecule has 2 N–H and O–H groups in total. The van der Waals surface area contributed by atoms with Gasteiger partial charge >= 0.3 is 0 Å². The molecule has 0 fully saturated rings. The summed E-state index contributed by atoms with van der Waals surface area (Å²) >= 11 is 0. The molecule has 0 spiro atoms.